The van der Waals surface area contributed by atoms with Crippen LogP contribution in [0.3, 0.4) is 0 Å². The van der Waals surface area contributed by atoms with E-state index in [0.29, 0.717) is 0 Å². The summed E-state index contributed by atoms with van der Waals surface area (Å²) in [5, 5.41) is 0. The Balaban J connectivity index is 3.05. The molecule has 0 N–H and O–H groups in total. The van der Waals surface area contributed by atoms with Gasteiger partial charge in [0.15, 0.2) is 3.77 Å². The Hall–Kier alpha value is 0.01000. The zero-order valence-corrected chi connectivity index (χ0v) is 5.10. The molecule has 0 amide bonds. The second-order valence-corrected chi connectivity index (χ2v) is 1.82. The molecule has 0 saturated carbocycles. The first-order chi connectivity index (χ1) is 2.89. The van der Waals surface area contributed by atoms with Crippen molar-refractivity contribution in [3.8, 4) is 0 Å². The number of rotatable bonds is 0. The van der Waals surface area contributed by atoms with Gasteiger partial charge >= 0.3 is 0 Å². The third kappa shape index (κ3) is 0.739. The summed E-state index contributed by atoms with van der Waals surface area (Å²) < 4.78 is 5.58. The summed E-state index contributed by atoms with van der Waals surface area (Å²) >= 11 is 2.05. The predicted molar refractivity (Wildman–Crippen MR) is 30.3 cm³/mol. The number of halogens is 1. The van der Waals surface area contributed by atoms with E-state index in [9.17, 15) is 0 Å². The lowest BCUT2D eigenvalue weighted by atomic mass is 10.7. The zero-order chi connectivity index (χ0) is 4.41. The van der Waals surface area contributed by atoms with Gasteiger partial charge in [-0.25, -0.2) is 0 Å². The van der Waals surface area contributed by atoms with Gasteiger partial charge < -0.3 is 4.42 Å². The van der Waals surface area contributed by atoms with Crippen LogP contribution in [0.4, 0.5) is 0 Å². The lowest BCUT2D eigenvalue weighted by Gasteiger charge is -1.65. The van der Waals surface area contributed by atoms with Gasteiger partial charge in [-0.15, -0.1) is 0 Å². The lowest BCUT2D eigenvalue weighted by Crippen LogP contribution is -1.45. The molecule has 2 heteroatoms. The fraction of sp³-hybridized carbons (Fsp3) is 0. The maximum Gasteiger partial charge on any atom is 0.171 e. The minimum atomic E-state index is 0.813. The molecule has 0 spiro atoms. The van der Waals surface area contributed by atoms with Gasteiger partial charge in [0, 0.05) is 28.7 Å². The largest absolute Gasteiger partial charge is 0.458 e. The van der Waals surface area contributed by atoms with Crippen LogP contribution in [0.15, 0.2) is 16.7 Å². The SMILES string of the molecule is Ic1[c]cco1. The third-order valence-electron chi connectivity index (χ3n) is 0.436. The van der Waals surface area contributed by atoms with Gasteiger partial charge in [-0.05, 0) is 6.07 Å². The van der Waals surface area contributed by atoms with Crippen molar-refractivity contribution in [1.29, 1.82) is 0 Å². The molecule has 0 atom stereocenters. The fourth-order valence-electron chi connectivity index (χ4n) is 0.227. The highest BCUT2D eigenvalue weighted by Gasteiger charge is 1.79. The van der Waals surface area contributed by atoms with E-state index in [1.807, 2.05) is 0 Å². The summed E-state index contributed by atoms with van der Waals surface area (Å²) in [5.41, 5.74) is 0. The highest BCUT2D eigenvalue weighted by atomic mass is 127. The molecule has 1 heterocycles. The molecule has 1 rings (SSSR count). The molecule has 1 radical (unpaired) electrons. The monoisotopic (exact) mass is 193 g/mol. The fourth-order valence-corrected chi connectivity index (χ4v) is 0.554. The highest BCUT2D eigenvalue weighted by Crippen LogP contribution is 2.00. The maximum absolute atomic E-state index is 4.76. The predicted octanol–water partition coefficient (Wildman–Crippen LogP) is 1.68. The molecule has 0 aliphatic rings. The van der Waals surface area contributed by atoms with Gasteiger partial charge in [-0.1, -0.05) is 0 Å². The molecule has 6 heavy (non-hydrogen) atoms. The maximum atomic E-state index is 4.76. The van der Waals surface area contributed by atoms with Crippen LogP contribution in [0.1, 0.15) is 0 Å². The molecule has 0 aliphatic heterocycles. The van der Waals surface area contributed by atoms with E-state index < -0.39 is 0 Å². The van der Waals surface area contributed by atoms with Crippen molar-refractivity contribution in [2.24, 2.45) is 0 Å². The van der Waals surface area contributed by atoms with Gasteiger partial charge in [-0.3, -0.25) is 0 Å². The molecule has 0 fully saturated rings. The van der Waals surface area contributed by atoms with Crippen LogP contribution in [0.25, 0.3) is 0 Å². The van der Waals surface area contributed by atoms with E-state index in [-0.39, 0.29) is 0 Å². The van der Waals surface area contributed by atoms with Crippen LogP contribution in [0.2, 0.25) is 0 Å². The van der Waals surface area contributed by atoms with Crippen molar-refractivity contribution in [2.75, 3.05) is 0 Å². The number of hydrogen-bond acceptors (Lipinski definition) is 1. The van der Waals surface area contributed by atoms with Gasteiger partial charge in [0.25, 0.3) is 0 Å². The molecule has 1 nitrogen and oxygen atoms in total. The van der Waals surface area contributed by atoms with Crippen LogP contribution in [-0.4, -0.2) is 0 Å². The van der Waals surface area contributed by atoms with Crippen molar-refractivity contribution >= 4 is 22.6 Å². The van der Waals surface area contributed by atoms with Crippen LogP contribution in [-0.2, 0) is 0 Å². The first-order valence-corrected chi connectivity index (χ1v) is 2.58. The summed E-state index contributed by atoms with van der Waals surface area (Å²) in [7, 11) is 0. The lowest BCUT2D eigenvalue weighted by molar-refractivity contribution is 0.537. The molecule has 0 bridgehead atoms. The van der Waals surface area contributed by atoms with Crippen molar-refractivity contribution in [3.63, 3.8) is 0 Å². The molecular weight excluding hydrogens is 191 g/mol. The third-order valence-corrected chi connectivity index (χ3v) is 1.00. The zero-order valence-electron chi connectivity index (χ0n) is 2.94. The topological polar surface area (TPSA) is 13.1 Å². The molecule has 0 aliphatic carbocycles. The quantitative estimate of drug-likeness (QED) is 0.571. The second-order valence-electron chi connectivity index (χ2n) is 0.839. The molecule has 1 aromatic rings. The molecular formula is C4H2IO. The summed E-state index contributed by atoms with van der Waals surface area (Å²) in [5.74, 6) is 0. The van der Waals surface area contributed by atoms with E-state index >= 15 is 0 Å². The number of hydrogen-bond donors (Lipinski definition) is 0. The molecule has 0 unspecified atom stereocenters. The van der Waals surface area contributed by atoms with Gasteiger partial charge in [-0.2, -0.15) is 0 Å². The summed E-state index contributed by atoms with van der Waals surface area (Å²) in [6, 6.07) is 4.56. The van der Waals surface area contributed by atoms with Crippen molar-refractivity contribution in [3.05, 3.63) is 22.2 Å². The summed E-state index contributed by atoms with van der Waals surface area (Å²) in [6.07, 6.45) is 1.60. The second kappa shape index (κ2) is 1.64. The Labute approximate surface area is 49.5 Å². The van der Waals surface area contributed by atoms with Gasteiger partial charge in [0.05, 0.1) is 6.26 Å². The first-order valence-electron chi connectivity index (χ1n) is 1.50. The summed E-state index contributed by atoms with van der Waals surface area (Å²) in [6.45, 7) is 0. The minimum absolute atomic E-state index is 0.813. The van der Waals surface area contributed by atoms with Crippen LogP contribution >= 0.6 is 22.6 Å². The smallest absolute Gasteiger partial charge is 0.171 e. The Morgan fingerprint density at radius 2 is 2.67 bits per heavy atom. The van der Waals surface area contributed by atoms with E-state index in [1.165, 1.54) is 0 Å². The van der Waals surface area contributed by atoms with E-state index in [1.54, 1.807) is 12.3 Å². The summed E-state index contributed by atoms with van der Waals surface area (Å²) in [4.78, 5) is 0. The van der Waals surface area contributed by atoms with Crippen LogP contribution in [0.5, 0.6) is 0 Å². The highest BCUT2D eigenvalue weighted by molar-refractivity contribution is 14.1. The molecule has 1 aromatic heterocycles. The van der Waals surface area contributed by atoms with Crippen molar-refractivity contribution in [2.45, 2.75) is 0 Å². The van der Waals surface area contributed by atoms with Crippen molar-refractivity contribution < 1.29 is 4.42 Å². The average molecular weight is 193 g/mol. The Kier molecular flexibility index (Phi) is 1.14. The van der Waals surface area contributed by atoms with Crippen LogP contribution in [0, 0.1) is 9.83 Å². The number of furan rings is 1. The van der Waals surface area contributed by atoms with Crippen LogP contribution < -0.4 is 0 Å². The van der Waals surface area contributed by atoms with Gasteiger partial charge in [0.2, 0.25) is 0 Å². The van der Waals surface area contributed by atoms with Gasteiger partial charge in [0.1, 0.15) is 0 Å². The minimum Gasteiger partial charge on any atom is -0.458 e. The molecule has 0 aromatic carbocycles. The molecule has 0 saturated heterocycles. The Bertz CT molecular complexity index is 111. The Morgan fingerprint density at radius 1 is 1.83 bits per heavy atom. The average Bonchev–Trinajstić information content (AvgIpc) is 1.86. The molecule has 31 valence electrons. The van der Waals surface area contributed by atoms with Crippen molar-refractivity contribution in [1.82, 2.24) is 0 Å². The Morgan fingerprint density at radius 3 is 2.83 bits per heavy atom. The van der Waals surface area contributed by atoms with E-state index in [0.717, 1.165) is 3.77 Å². The standard InChI is InChI=1S/C4H2IO/c5-4-2-1-3-6-4/h1,3H. The van der Waals surface area contributed by atoms with E-state index in [2.05, 4.69) is 28.7 Å². The van der Waals surface area contributed by atoms with E-state index in [4.69, 9.17) is 4.42 Å². The first kappa shape index (κ1) is 4.18. The normalized spacial score (nSPS) is 8.83.